The third-order valence-corrected chi connectivity index (χ3v) is 5.44. The van der Waals surface area contributed by atoms with Crippen molar-refractivity contribution < 1.29 is 14.3 Å². The highest BCUT2D eigenvalue weighted by Gasteiger charge is 2.25. The maximum atomic E-state index is 13.0. The summed E-state index contributed by atoms with van der Waals surface area (Å²) in [4.78, 5) is 22.0. The van der Waals surface area contributed by atoms with Crippen LogP contribution in [0.3, 0.4) is 0 Å². The minimum atomic E-state index is -0.0215. The Morgan fingerprint density at radius 2 is 1.72 bits per heavy atom. The fourth-order valence-electron chi connectivity index (χ4n) is 3.78. The van der Waals surface area contributed by atoms with Gasteiger partial charge in [0, 0.05) is 37.6 Å². The number of methoxy groups -OCH3 is 2. The number of anilines is 1. The number of piperazine rings is 1. The SMILES string of the molecule is COc1ccc(C(=O)N2CCN(c3cc(C)c4ccccc4n3)CC2)c(OC)c1. The highest BCUT2D eigenvalue weighted by Crippen LogP contribution is 2.27. The van der Waals surface area contributed by atoms with E-state index in [-0.39, 0.29) is 5.91 Å². The molecule has 2 heterocycles. The molecule has 0 saturated carbocycles. The Labute approximate surface area is 170 Å². The number of aromatic nitrogens is 1. The molecule has 1 fully saturated rings. The Kier molecular flexibility index (Phi) is 5.25. The van der Waals surface area contributed by atoms with Crippen molar-refractivity contribution in [3.63, 3.8) is 0 Å². The van der Waals surface area contributed by atoms with Gasteiger partial charge in [0.2, 0.25) is 0 Å². The van der Waals surface area contributed by atoms with Crippen molar-refractivity contribution in [3.05, 3.63) is 59.7 Å². The van der Waals surface area contributed by atoms with Crippen LogP contribution in [-0.4, -0.2) is 56.2 Å². The smallest absolute Gasteiger partial charge is 0.257 e. The molecular formula is C23H25N3O3. The van der Waals surface area contributed by atoms with Crippen molar-refractivity contribution >= 4 is 22.6 Å². The van der Waals surface area contributed by atoms with Crippen LogP contribution in [0.4, 0.5) is 5.82 Å². The highest BCUT2D eigenvalue weighted by molar-refractivity contribution is 5.97. The van der Waals surface area contributed by atoms with E-state index < -0.39 is 0 Å². The number of nitrogens with zero attached hydrogens (tertiary/aromatic N) is 3. The molecule has 6 heteroatoms. The van der Waals surface area contributed by atoms with Crippen LogP contribution in [0.1, 0.15) is 15.9 Å². The van der Waals surface area contributed by atoms with E-state index >= 15 is 0 Å². The van der Waals surface area contributed by atoms with Crippen LogP contribution < -0.4 is 14.4 Å². The molecule has 0 radical (unpaired) electrons. The van der Waals surface area contributed by atoms with Crippen molar-refractivity contribution in [2.75, 3.05) is 45.3 Å². The van der Waals surface area contributed by atoms with Gasteiger partial charge >= 0.3 is 0 Å². The number of rotatable bonds is 4. The lowest BCUT2D eigenvalue weighted by Crippen LogP contribution is -2.49. The van der Waals surface area contributed by atoms with Gasteiger partial charge in [0.25, 0.3) is 5.91 Å². The van der Waals surface area contributed by atoms with E-state index in [0.717, 1.165) is 24.4 Å². The molecule has 0 bridgehead atoms. The molecule has 2 aromatic carbocycles. The average molecular weight is 391 g/mol. The van der Waals surface area contributed by atoms with Gasteiger partial charge in [-0.05, 0) is 36.8 Å². The minimum Gasteiger partial charge on any atom is -0.497 e. The number of para-hydroxylation sites is 1. The monoisotopic (exact) mass is 391 g/mol. The summed E-state index contributed by atoms with van der Waals surface area (Å²) in [5.41, 5.74) is 2.78. The van der Waals surface area contributed by atoms with Gasteiger partial charge in [-0.15, -0.1) is 0 Å². The first-order valence-corrected chi connectivity index (χ1v) is 9.73. The summed E-state index contributed by atoms with van der Waals surface area (Å²) in [5.74, 6) is 2.15. The third kappa shape index (κ3) is 3.70. The number of amides is 1. The second-order valence-corrected chi connectivity index (χ2v) is 7.16. The molecule has 1 amide bonds. The maximum absolute atomic E-state index is 13.0. The van der Waals surface area contributed by atoms with Crippen LogP contribution in [0, 0.1) is 6.92 Å². The lowest BCUT2D eigenvalue weighted by Gasteiger charge is -2.36. The lowest BCUT2D eigenvalue weighted by molar-refractivity contribution is 0.0743. The molecule has 1 saturated heterocycles. The highest BCUT2D eigenvalue weighted by atomic mass is 16.5. The number of hydrogen-bond acceptors (Lipinski definition) is 5. The number of carbonyl (C=O) groups excluding carboxylic acids is 1. The van der Waals surface area contributed by atoms with Crippen molar-refractivity contribution in [2.45, 2.75) is 6.92 Å². The zero-order chi connectivity index (χ0) is 20.4. The molecule has 0 N–H and O–H groups in total. The fraction of sp³-hybridized carbons (Fsp3) is 0.304. The van der Waals surface area contributed by atoms with Crippen molar-refractivity contribution in [3.8, 4) is 11.5 Å². The number of fused-ring (bicyclic) bond motifs is 1. The standard InChI is InChI=1S/C23H25N3O3/c1-16-14-22(24-20-7-5-4-6-18(16)20)25-10-12-26(13-11-25)23(27)19-9-8-17(28-2)15-21(19)29-3/h4-9,14-15H,10-13H2,1-3H3. The Morgan fingerprint density at radius 3 is 2.45 bits per heavy atom. The second-order valence-electron chi connectivity index (χ2n) is 7.16. The maximum Gasteiger partial charge on any atom is 0.257 e. The lowest BCUT2D eigenvalue weighted by atomic mass is 10.1. The molecule has 6 nitrogen and oxygen atoms in total. The molecule has 4 rings (SSSR count). The molecule has 1 aromatic heterocycles. The molecule has 0 spiro atoms. The van der Waals surface area contributed by atoms with Crippen molar-refractivity contribution in [2.24, 2.45) is 0 Å². The Hall–Kier alpha value is -3.28. The summed E-state index contributed by atoms with van der Waals surface area (Å²) in [6.07, 6.45) is 0. The van der Waals surface area contributed by atoms with E-state index in [1.54, 1.807) is 32.4 Å². The Bertz CT molecular complexity index is 1040. The van der Waals surface area contributed by atoms with Gasteiger partial charge in [-0.25, -0.2) is 4.98 Å². The van der Waals surface area contributed by atoms with E-state index in [4.69, 9.17) is 14.5 Å². The molecule has 0 unspecified atom stereocenters. The van der Waals surface area contributed by atoms with Crippen molar-refractivity contribution in [1.29, 1.82) is 0 Å². The van der Waals surface area contributed by atoms with E-state index in [2.05, 4.69) is 24.0 Å². The van der Waals surface area contributed by atoms with Crippen molar-refractivity contribution in [1.82, 2.24) is 9.88 Å². The predicted molar refractivity (Wildman–Crippen MR) is 114 cm³/mol. The summed E-state index contributed by atoms with van der Waals surface area (Å²) in [6, 6.07) is 15.6. The Morgan fingerprint density at radius 1 is 0.966 bits per heavy atom. The van der Waals surface area contributed by atoms with Gasteiger partial charge in [-0.2, -0.15) is 0 Å². The van der Waals surface area contributed by atoms with Gasteiger partial charge in [-0.1, -0.05) is 18.2 Å². The van der Waals surface area contributed by atoms with Crippen LogP contribution >= 0.6 is 0 Å². The molecule has 150 valence electrons. The zero-order valence-electron chi connectivity index (χ0n) is 17.0. The summed E-state index contributed by atoms with van der Waals surface area (Å²) in [5, 5.41) is 1.18. The fourth-order valence-corrected chi connectivity index (χ4v) is 3.78. The number of ether oxygens (including phenoxy) is 2. The topological polar surface area (TPSA) is 54.9 Å². The van der Waals surface area contributed by atoms with Gasteiger partial charge in [-0.3, -0.25) is 4.79 Å². The summed E-state index contributed by atoms with van der Waals surface area (Å²) in [6.45, 7) is 4.89. The zero-order valence-corrected chi connectivity index (χ0v) is 17.0. The molecule has 1 aliphatic heterocycles. The van der Waals surface area contributed by atoms with Crippen LogP contribution in [0.15, 0.2) is 48.5 Å². The van der Waals surface area contributed by atoms with Crippen LogP contribution in [0.25, 0.3) is 10.9 Å². The van der Waals surface area contributed by atoms with Crippen LogP contribution in [0.2, 0.25) is 0 Å². The quantitative estimate of drug-likeness (QED) is 0.681. The number of carbonyl (C=O) groups is 1. The third-order valence-electron chi connectivity index (χ3n) is 5.44. The first kappa shape index (κ1) is 19.1. The predicted octanol–water partition coefficient (Wildman–Crippen LogP) is 3.52. The van der Waals surface area contributed by atoms with E-state index in [9.17, 15) is 4.79 Å². The Balaban J connectivity index is 1.49. The number of aryl methyl sites for hydroxylation is 1. The van der Waals surface area contributed by atoms with E-state index in [0.29, 0.717) is 30.2 Å². The van der Waals surface area contributed by atoms with Crippen LogP contribution in [0.5, 0.6) is 11.5 Å². The molecule has 3 aromatic rings. The normalized spacial score (nSPS) is 14.2. The molecule has 1 aliphatic rings. The molecule has 29 heavy (non-hydrogen) atoms. The van der Waals surface area contributed by atoms with Gasteiger partial charge in [0.1, 0.15) is 17.3 Å². The summed E-state index contributed by atoms with van der Waals surface area (Å²) >= 11 is 0. The van der Waals surface area contributed by atoms with Gasteiger partial charge < -0.3 is 19.3 Å². The van der Waals surface area contributed by atoms with Gasteiger partial charge in [0.15, 0.2) is 0 Å². The number of hydrogen-bond donors (Lipinski definition) is 0. The summed E-state index contributed by atoms with van der Waals surface area (Å²) < 4.78 is 10.6. The molecular weight excluding hydrogens is 366 g/mol. The number of benzene rings is 2. The first-order chi connectivity index (χ1) is 14.1. The van der Waals surface area contributed by atoms with Crippen LogP contribution in [-0.2, 0) is 0 Å². The largest absolute Gasteiger partial charge is 0.497 e. The summed E-state index contributed by atoms with van der Waals surface area (Å²) in [7, 11) is 3.16. The van der Waals surface area contributed by atoms with E-state index in [1.165, 1.54) is 10.9 Å². The minimum absolute atomic E-state index is 0.0215. The molecule has 0 aliphatic carbocycles. The van der Waals surface area contributed by atoms with Gasteiger partial charge in [0.05, 0.1) is 25.3 Å². The average Bonchev–Trinajstić information content (AvgIpc) is 2.78. The van der Waals surface area contributed by atoms with E-state index in [1.807, 2.05) is 23.1 Å². The second kappa shape index (κ2) is 7.99. The molecule has 0 atom stereocenters. The first-order valence-electron chi connectivity index (χ1n) is 9.73. The number of pyridine rings is 1.